The molecule has 0 aromatic heterocycles. The quantitative estimate of drug-likeness (QED) is 0.785. The number of benzene rings is 1. The van der Waals surface area contributed by atoms with E-state index in [1.807, 2.05) is 0 Å². The smallest absolute Gasteiger partial charge is 0.239 e. The molecular weight excluding hydrogens is 323 g/mol. The zero-order chi connectivity index (χ0) is 16.9. The van der Waals surface area contributed by atoms with E-state index in [-0.39, 0.29) is 5.91 Å². The van der Waals surface area contributed by atoms with Gasteiger partial charge in [-0.3, -0.25) is 9.59 Å². The summed E-state index contributed by atoms with van der Waals surface area (Å²) >= 11 is 11.9. The van der Waals surface area contributed by atoms with Gasteiger partial charge >= 0.3 is 0 Å². The maximum absolute atomic E-state index is 12.5. The maximum Gasteiger partial charge on any atom is 0.239 e. The van der Waals surface area contributed by atoms with Gasteiger partial charge in [-0.2, -0.15) is 0 Å². The molecule has 122 valence electrons. The van der Waals surface area contributed by atoms with Crippen LogP contribution in [0.2, 0.25) is 10.0 Å². The zero-order valence-corrected chi connectivity index (χ0v) is 14.9. The molecule has 0 spiro atoms. The molecule has 0 saturated carbocycles. The Balaban J connectivity index is 2.83. The van der Waals surface area contributed by atoms with E-state index >= 15 is 0 Å². The number of unbranched alkanes of at least 4 members (excludes halogenated alkanes) is 1. The first-order valence-electron chi connectivity index (χ1n) is 7.22. The van der Waals surface area contributed by atoms with Crippen molar-refractivity contribution in [3.8, 4) is 0 Å². The molecule has 1 rings (SSSR count). The third-order valence-electron chi connectivity index (χ3n) is 3.48. The first-order chi connectivity index (χ1) is 10.2. The van der Waals surface area contributed by atoms with Gasteiger partial charge in [0.25, 0.3) is 0 Å². The number of nitrogens with zero attached hydrogens (tertiary/aromatic N) is 1. The Hall–Kier alpha value is -1.26. The summed E-state index contributed by atoms with van der Waals surface area (Å²) in [6.45, 7) is 5.90. The molecule has 1 aromatic rings. The summed E-state index contributed by atoms with van der Waals surface area (Å²) in [5.74, 6) is -0.617. The molecule has 0 atom stereocenters. The van der Waals surface area contributed by atoms with Gasteiger partial charge < -0.3 is 10.2 Å². The lowest BCUT2D eigenvalue weighted by atomic mass is 9.90. The van der Waals surface area contributed by atoms with Crippen LogP contribution in [0.3, 0.4) is 0 Å². The minimum absolute atomic E-state index is 0.219. The molecule has 1 N–H and O–H groups in total. The number of anilines is 1. The van der Waals surface area contributed by atoms with Crippen molar-refractivity contribution in [2.75, 3.05) is 18.9 Å². The maximum atomic E-state index is 12.5. The van der Waals surface area contributed by atoms with Crippen molar-refractivity contribution in [3.05, 3.63) is 28.2 Å². The fourth-order valence-corrected chi connectivity index (χ4v) is 2.40. The van der Waals surface area contributed by atoms with Crippen LogP contribution in [0.25, 0.3) is 0 Å². The summed E-state index contributed by atoms with van der Waals surface area (Å²) in [6, 6.07) is 4.79. The highest BCUT2D eigenvalue weighted by atomic mass is 35.5. The van der Waals surface area contributed by atoms with Gasteiger partial charge in [-0.05, 0) is 38.5 Å². The lowest BCUT2D eigenvalue weighted by Crippen LogP contribution is -2.46. The lowest BCUT2D eigenvalue weighted by Gasteiger charge is -2.28. The summed E-state index contributed by atoms with van der Waals surface area (Å²) in [4.78, 5) is 26.5. The lowest BCUT2D eigenvalue weighted by molar-refractivity contribution is -0.145. The Morgan fingerprint density at radius 2 is 1.91 bits per heavy atom. The number of hydrogen-bond acceptors (Lipinski definition) is 2. The zero-order valence-electron chi connectivity index (χ0n) is 13.4. The molecule has 0 aliphatic carbocycles. The van der Waals surface area contributed by atoms with Gasteiger partial charge in [-0.15, -0.1) is 0 Å². The molecule has 0 aliphatic rings. The van der Waals surface area contributed by atoms with Gasteiger partial charge in [0, 0.05) is 18.6 Å². The van der Waals surface area contributed by atoms with Crippen LogP contribution < -0.4 is 5.32 Å². The molecule has 0 fully saturated rings. The van der Waals surface area contributed by atoms with Crippen LogP contribution in [0.1, 0.15) is 33.6 Å². The molecule has 22 heavy (non-hydrogen) atoms. The van der Waals surface area contributed by atoms with Crippen LogP contribution in [-0.2, 0) is 9.59 Å². The highest BCUT2D eigenvalue weighted by Crippen LogP contribution is 2.28. The van der Waals surface area contributed by atoms with Crippen LogP contribution in [0.4, 0.5) is 5.69 Å². The van der Waals surface area contributed by atoms with E-state index in [2.05, 4.69) is 12.2 Å². The summed E-state index contributed by atoms with van der Waals surface area (Å²) in [5, 5.41) is 3.51. The van der Waals surface area contributed by atoms with Crippen molar-refractivity contribution in [2.24, 2.45) is 5.41 Å². The third-order valence-corrected chi connectivity index (χ3v) is 4.02. The standard InChI is InChI=1S/C16H22Cl2N2O2/c1-5-6-9-20(4)15(22)16(2,3)14(21)19-13-8-7-11(17)10-12(13)18/h7-8,10H,5-6,9H2,1-4H3,(H,19,21). The topological polar surface area (TPSA) is 49.4 Å². The Labute approximate surface area is 141 Å². The van der Waals surface area contributed by atoms with Gasteiger partial charge in [-0.1, -0.05) is 36.5 Å². The van der Waals surface area contributed by atoms with E-state index < -0.39 is 11.3 Å². The second-order valence-electron chi connectivity index (χ2n) is 5.78. The summed E-state index contributed by atoms with van der Waals surface area (Å²) < 4.78 is 0. The van der Waals surface area contributed by atoms with E-state index in [9.17, 15) is 9.59 Å². The second-order valence-corrected chi connectivity index (χ2v) is 6.63. The van der Waals surface area contributed by atoms with Crippen molar-refractivity contribution < 1.29 is 9.59 Å². The van der Waals surface area contributed by atoms with E-state index in [1.165, 1.54) is 0 Å². The monoisotopic (exact) mass is 344 g/mol. The summed E-state index contributed by atoms with van der Waals surface area (Å²) in [5.41, 5.74) is -0.737. The minimum Gasteiger partial charge on any atom is -0.345 e. The number of nitrogens with one attached hydrogen (secondary N) is 1. The number of hydrogen-bond donors (Lipinski definition) is 1. The third kappa shape index (κ3) is 4.62. The number of halogens is 2. The fourth-order valence-electron chi connectivity index (χ4n) is 1.94. The largest absolute Gasteiger partial charge is 0.345 e. The predicted molar refractivity (Wildman–Crippen MR) is 91.4 cm³/mol. The van der Waals surface area contributed by atoms with Crippen LogP contribution in [-0.4, -0.2) is 30.3 Å². The SMILES string of the molecule is CCCCN(C)C(=O)C(C)(C)C(=O)Nc1ccc(Cl)cc1Cl. The molecule has 2 amide bonds. The van der Waals surface area contributed by atoms with Crippen molar-refractivity contribution >= 4 is 40.7 Å². The van der Waals surface area contributed by atoms with E-state index in [1.54, 1.807) is 44.0 Å². The molecule has 1 aromatic carbocycles. The van der Waals surface area contributed by atoms with Crippen molar-refractivity contribution in [2.45, 2.75) is 33.6 Å². The van der Waals surface area contributed by atoms with Crippen molar-refractivity contribution in [1.29, 1.82) is 0 Å². The number of amides is 2. The van der Waals surface area contributed by atoms with Crippen LogP contribution in [0.5, 0.6) is 0 Å². The molecule has 0 unspecified atom stereocenters. The average Bonchev–Trinajstić information content (AvgIpc) is 2.46. The normalized spacial score (nSPS) is 11.2. The summed E-state index contributed by atoms with van der Waals surface area (Å²) in [7, 11) is 1.71. The predicted octanol–water partition coefficient (Wildman–Crippen LogP) is 4.22. The molecular formula is C16H22Cl2N2O2. The van der Waals surface area contributed by atoms with Crippen LogP contribution in [0.15, 0.2) is 18.2 Å². The highest BCUT2D eigenvalue weighted by Gasteiger charge is 2.38. The summed E-state index contributed by atoms with van der Waals surface area (Å²) in [6.07, 6.45) is 1.90. The molecule has 0 heterocycles. The Kier molecular flexibility index (Phi) is 6.69. The Morgan fingerprint density at radius 1 is 1.27 bits per heavy atom. The van der Waals surface area contributed by atoms with E-state index in [0.717, 1.165) is 12.8 Å². The molecule has 0 saturated heterocycles. The van der Waals surface area contributed by atoms with Gasteiger partial charge in [0.05, 0.1) is 10.7 Å². The van der Waals surface area contributed by atoms with E-state index in [0.29, 0.717) is 22.3 Å². The van der Waals surface area contributed by atoms with Gasteiger partial charge in [0.1, 0.15) is 5.41 Å². The van der Waals surface area contributed by atoms with Gasteiger partial charge in [-0.25, -0.2) is 0 Å². The fraction of sp³-hybridized carbons (Fsp3) is 0.500. The molecule has 0 aliphatic heterocycles. The highest BCUT2D eigenvalue weighted by molar-refractivity contribution is 6.36. The van der Waals surface area contributed by atoms with Gasteiger partial charge in [0.15, 0.2) is 0 Å². The number of carbonyl (C=O) groups excluding carboxylic acids is 2. The van der Waals surface area contributed by atoms with Gasteiger partial charge in [0.2, 0.25) is 11.8 Å². The molecule has 0 bridgehead atoms. The first kappa shape index (κ1) is 18.8. The van der Waals surface area contributed by atoms with E-state index in [4.69, 9.17) is 23.2 Å². The Bertz CT molecular complexity index is 559. The number of rotatable bonds is 6. The molecule has 6 heteroatoms. The average molecular weight is 345 g/mol. The Morgan fingerprint density at radius 3 is 2.45 bits per heavy atom. The minimum atomic E-state index is -1.18. The van der Waals surface area contributed by atoms with Crippen molar-refractivity contribution in [1.82, 2.24) is 4.90 Å². The van der Waals surface area contributed by atoms with Crippen LogP contribution >= 0.6 is 23.2 Å². The molecule has 0 radical (unpaired) electrons. The first-order valence-corrected chi connectivity index (χ1v) is 7.97. The number of carbonyl (C=O) groups is 2. The molecule has 4 nitrogen and oxygen atoms in total. The van der Waals surface area contributed by atoms with Crippen LogP contribution in [0, 0.1) is 5.41 Å². The second kappa shape index (κ2) is 7.84. The van der Waals surface area contributed by atoms with Crippen molar-refractivity contribution in [3.63, 3.8) is 0 Å².